The maximum absolute atomic E-state index is 12.3. The minimum atomic E-state index is -0.232. The Morgan fingerprint density at radius 2 is 2.04 bits per heavy atom. The number of hydrogen-bond acceptors (Lipinski definition) is 5. The largest absolute Gasteiger partial charge is 0.395 e. The molecule has 0 atom stereocenters. The maximum Gasteiger partial charge on any atom is 0.277 e. The molecule has 25 heavy (non-hydrogen) atoms. The number of hydrogen-bond donors (Lipinski definition) is 2. The molecule has 8 heteroatoms. The Morgan fingerprint density at radius 3 is 2.68 bits per heavy atom. The molecule has 0 aliphatic carbocycles. The fraction of sp³-hybridized carbons (Fsp3) is 0.353. The molecule has 3 aromatic rings. The minimum Gasteiger partial charge on any atom is -0.395 e. The van der Waals surface area contributed by atoms with Crippen LogP contribution in [-0.2, 0) is 6.54 Å². The Balaban J connectivity index is 1.98. The lowest BCUT2D eigenvalue weighted by atomic mass is 10.2. The molecule has 0 amide bonds. The van der Waals surface area contributed by atoms with Crippen molar-refractivity contribution in [3.8, 4) is 0 Å². The first-order valence-electron chi connectivity index (χ1n) is 8.07. The van der Waals surface area contributed by atoms with E-state index in [1.54, 1.807) is 16.6 Å². The van der Waals surface area contributed by atoms with Crippen LogP contribution >= 0.6 is 11.6 Å². The van der Waals surface area contributed by atoms with Gasteiger partial charge in [0.1, 0.15) is 11.6 Å². The monoisotopic (exact) mass is 361 g/mol. The van der Waals surface area contributed by atoms with E-state index in [-0.39, 0.29) is 18.1 Å². The number of rotatable bonds is 6. The summed E-state index contributed by atoms with van der Waals surface area (Å²) in [7, 11) is 0. The normalized spacial score (nSPS) is 11.4. The summed E-state index contributed by atoms with van der Waals surface area (Å²) >= 11 is 5.94. The van der Waals surface area contributed by atoms with E-state index in [9.17, 15) is 9.90 Å². The van der Waals surface area contributed by atoms with Crippen molar-refractivity contribution in [2.45, 2.75) is 26.3 Å². The van der Waals surface area contributed by atoms with Crippen LogP contribution in [-0.4, -0.2) is 37.8 Å². The quantitative estimate of drug-likeness (QED) is 0.702. The Morgan fingerprint density at radius 1 is 1.32 bits per heavy atom. The van der Waals surface area contributed by atoms with E-state index in [2.05, 4.69) is 15.1 Å². The smallest absolute Gasteiger partial charge is 0.277 e. The molecule has 0 spiro atoms. The standard InChI is InChI=1S/C17H20ClN5O2/c1-11(2)16-19-9-14-17(25)20-15(21-23(14)16)10-22(7-8-24)13-5-3-12(18)4-6-13/h3-6,9,11,24H,7-8,10H2,1-2H3,(H,20,21,25). The van der Waals surface area contributed by atoms with Crippen molar-refractivity contribution in [2.24, 2.45) is 0 Å². The third-order valence-corrected chi connectivity index (χ3v) is 4.15. The van der Waals surface area contributed by atoms with Crippen LogP contribution < -0.4 is 10.5 Å². The van der Waals surface area contributed by atoms with Crippen molar-refractivity contribution >= 4 is 22.8 Å². The summed E-state index contributed by atoms with van der Waals surface area (Å²) in [6.07, 6.45) is 1.54. The van der Waals surface area contributed by atoms with E-state index < -0.39 is 0 Å². The number of aromatic amines is 1. The molecular formula is C17H20ClN5O2. The molecule has 3 rings (SSSR count). The van der Waals surface area contributed by atoms with Gasteiger partial charge in [0.25, 0.3) is 5.56 Å². The van der Waals surface area contributed by atoms with Gasteiger partial charge in [0.05, 0.1) is 19.3 Å². The summed E-state index contributed by atoms with van der Waals surface area (Å²) in [6.45, 7) is 4.75. The van der Waals surface area contributed by atoms with Crippen LogP contribution in [0.15, 0.2) is 35.3 Å². The summed E-state index contributed by atoms with van der Waals surface area (Å²) < 4.78 is 1.60. The summed E-state index contributed by atoms with van der Waals surface area (Å²) in [6, 6.07) is 7.30. The highest BCUT2D eigenvalue weighted by Crippen LogP contribution is 2.19. The molecule has 132 valence electrons. The van der Waals surface area contributed by atoms with Crippen molar-refractivity contribution in [3.05, 3.63) is 57.5 Å². The molecule has 0 aliphatic rings. The van der Waals surface area contributed by atoms with Gasteiger partial charge in [-0.25, -0.2) is 9.50 Å². The first-order valence-corrected chi connectivity index (χ1v) is 8.45. The van der Waals surface area contributed by atoms with Gasteiger partial charge in [0.2, 0.25) is 0 Å². The number of fused-ring (bicyclic) bond motifs is 1. The topological polar surface area (TPSA) is 86.5 Å². The zero-order chi connectivity index (χ0) is 18.0. The van der Waals surface area contributed by atoms with E-state index in [0.717, 1.165) is 11.5 Å². The van der Waals surface area contributed by atoms with E-state index in [4.69, 9.17) is 11.6 Å². The minimum absolute atomic E-state index is 0.0164. The first kappa shape index (κ1) is 17.4. The number of aliphatic hydroxyl groups is 1. The van der Waals surface area contributed by atoms with Crippen molar-refractivity contribution in [1.29, 1.82) is 0 Å². The van der Waals surface area contributed by atoms with Crippen LogP contribution in [0.2, 0.25) is 5.02 Å². The predicted octanol–water partition coefficient (Wildman–Crippen LogP) is 2.19. The summed E-state index contributed by atoms with van der Waals surface area (Å²) in [5, 5.41) is 14.5. The zero-order valence-corrected chi connectivity index (χ0v) is 14.9. The number of nitrogens with one attached hydrogen (secondary N) is 1. The molecule has 0 aliphatic heterocycles. The Hall–Kier alpha value is -2.38. The number of imidazole rings is 1. The van der Waals surface area contributed by atoms with Crippen LogP contribution in [0.5, 0.6) is 0 Å². The van der Waals surface area contributed by atoms with Crippen LogP contribution in [0.4, 0.5) is 5.69 Å². The van der Waals surface area contributed by atoms with Crippen molar-refractivity contribution in [3.63, 3.8) is 0 Å². The van der Waals surface area contributed by atoms with Gasteiger partial charge in [-0.05, 0) is 24.3 Å². The first-order chi connectivity index (χ1) is 12.0. The highest BCUT2D eigenvalue weighted by molar-refractivity contribution is 6.30. The molecular weight excluding hydrogens is 342 g/mol. The van der Waals surface area contributed by atoms with Gasteiger partial charge in [-0.3, -0.25) is 4.79 Å². The van der Waals surface area contributed by atoms with Gasteiger partial charge in [0, 0.05) is 23.2 Å². The summed E-state index contributed by atoms with van der Waals surface area (Å²) in [5.41, 5.74) is 1.08. The predicted molar refractivity (Wildman–Crippen MR) is 97.3 cm³/mol. The Kier molecular flexibility index (Phi) is 5.06. The van der Waals surface area contributed by atoms with Gasteiger partial charge in [-0.15, -0.1) is 0 Å². The molecule has 0 saturated heterocycles. The van der Waals surface area contributed by atoms with Crippen LogP contribution in [0.25, 0.3) is 5.52 Å². The fourth-order valence-corrected chi connectivity index (χ4v) is 2.80. The van der Waals surface area contributed by atoms with Crippen LogP contribution in [0.1, 0.15) is 31.4 Å². The summed E-state index contributed by atoms with van der Waals surface area (Å²) in [4.78, 5) is 21.3. The number of aromatic nitrogens is 4. The second-order valence-corrected chi connectivity index (χ2v) is 6.53. The number of H-pyrrole nitrogens is 1. The van der Waals surface area contributed by atoms with E-state index in [1.165, 1.54) is 6.20 Å². The number of benzene rings is 1. The fourth-order valence-electron chi connectivity index (χ4n) is 2.68. The van der Waals surface area contributed by atoms with Gasteiger partial charge < -0.3 is 15.0 Å². The molecule has 0 fully saturated rings. The number of anilines is 1. The van der Waals surface area contributed by atoms with Crippen molar-refractivity contribution < 1.29 is 5.11 Å². The van der Waals surface area contributed by atoms with E-state index in [1.807, 2.05) is 30.9 Å². The van der Waals surface area contributed by atoms with Gasteiger partial charge in [-0.2, -0.15) is 5.10 Å². The van der Waals surface area contributed by atoms with Crippen LogP contribution in [0, 0.1) is 0 Å². The van der Waals surface area contributed by atoms with Crippen molar-refractivity contribution in [2.75, 3.05) is 18.1 Å². The molecule has 0 radical (unpaired) electrons. The molecule has 2 heterocycles. The molecule has 1 aromatic carbocycles. The lowest BCUT2D eigenvalue weighted by Gasteiger charge is -2.23. The molecule has 2 aromatic heterocycles. The molecule has 0 saturated carbocycles. The molecule has 0 bridgehead atoms. The SMILES string of the molecule is CC(C)c1ncc2c(=O)[nH]c(CN(CCO)c3ccc(Cl)cc3)nn12. The third kappa shape index (κ3) is 3.67. The molecule has 0 unspecified atom stereocenters. The Bertz CT molecular complexity index is 917. The zero-order valence-electron chi connectivity index (χ0n) is 14.1. The average Bonchev–Trinajstić information content (AvgIpc) is 3.00. The lowest BCUT2D eigenvalue weighted by Crippen LogP contribution is -2.29. The maximum atomic E-state index is 12.3. The molecule has 7 nitrogen and oxygen atoms in total. The number of aliphatic hydroxyl groups excluding tert-OH is 1. The van der Waals surface area contributed by atoms with Gasteiger partial charge in [0.15, 0.2) is 5.52 Å². The van der Waals surface area contributed by atoms with Crippen molar-refractivity contribution in [1.82, 2.24) is 19.6 Å². The van der Waals surface area contributed by atoms with E-state index in [0.29, 0.717) is 29.5 Å². The van der Waals surface area contributed by atoms with Crippen LogP contribution in [0.3, 0.4) is 0 Å². The highest BCUT2D eigenvalue weighted by Gasteiger charge is 2.15. The average molecular weight is 362 g/mol. The van der Waals surface area contributed by atoms with Gasteiger partial charge in [-0.1, -0.05) is 25.4 Å². The van der Waals surface area contributed by atoms with Gasteiger partial charge >= 0.3 is 0 Å². The molecule has 2 N–H and O–H groups in total. The summed E-state index contributed by atoms with van der Waals surface area (Å²) in [5.74, 6) is 1.39. The third-order valence-electron chi connectivity index (χ3n) is 3.89. The lowest BCUT2D eigenvalue weighted by molar-refractivity contribution is 0.301. The Labute approximate surface area is 149 Å². The second-order valence-electron chi connectivity index (χ2n) is 6.09. The van der Waals surface area contributed by atoms with E-state index >= 15 is 0 Å². The number of nitrogens with zero attached hydrogens (tertiary/aromatic N) is 4. The highest BCUT2D eigenvalue weighted by atomic mass is 35.5. The number of halogens is 1. The second kappa shape index (κ2) is 7.25.